The van der Waals surface area contributed by atoms with Gasteiger partial charge >= 0.3 is 0 Å². The first-order valence-electron chi connectivity index (χ1n) is 8.53. The molecule has 1 amide bonds. The molecule has 1 heterocycles. The van der Waals surface area contributed by atoms with Crippen LogP contribution in [0, 0.1) is 0 Å². The number of primary amides is 1. The number of nitrogens with zero attached hydrogens (tertiary/aromatic N) is 2. The molecule has 1 fully saturated rings. The summed E-state index contributed by atoms with van der Waals surface area (Å²) in [7, 11) is 2.17. The van der Waals surface area contributed by atoms with Crippen molar-refractivity contribution < 1.29 is 14.3 Å². The molecule has 0 unspecified atom stereocenters. The van der Waals surface area contributed by atoms with Gasteiger partial charge in [0.1, 0.15) is 6.61 Å². The van der Waals surface area contributed by atoms with Crippen molar-refractivity contribution in [2.45, 2.75) is 33.1 Å². The van der Waals surface area contributed by atoms with Crippen molar-refractivity contribution in [3.05, 3.63) is 0 Å². The summed E-state index contributed by atoms with van der Waals surface area (Å²) in [5.74, 6) is -0.405. The highest BCUT2D eigenvalue weighted by molar-refractivity contribution is 5.74. The first kappa shape index (κ1) is 21.3. The van der Waals surface area contributed by atoms with Crippen LogP contribution in [0.1, 0.15) is 33.1 Å². The van der Waals surface area contributed by atoms with Gasteiger partial charge in [-0.25, -0.2) is 0 Å². The Kier molecular flexibility index (Phi) is 14.7. The SMILES string of the molecule is CC.CN1CCN(CCOCCCCCOCC(N)=O)CC1. The van der Waals surface area contributed by atoms with E-state index in [2.05, 4.69) is 16.8 Å². The quantitative estimate of drug-likeness (QED) is 0.575. The van der Waals surface area contributed by atoms with Gasteiger partial charge < -0.3 is 20.1 Å². The van der Waals surface area contributed by atoms with Crippen LogP contribution in [0.2, 0.25) is 0 Å². The Hall–Kier alpha value is -0.690. The smallest absolute Gasteiger partial charge is 0.243 e. The topological polar surface area (TPSA) is 68.0 Å². The first-order valence-corrected chi connectivity index (χ1v) is 8.53. The summed E-state index contributed by atoms with van der Waals surface area (Å²) in [5.41, 5.74) is 4.97. The Morgan fingerprint density at radius 1 is 0.955 bits per heavy atom. The van der Waals surface area contributed by atoms with E-state index in [4.69, 9.17) is 15.2 Å². The zero-order chi connectivity index (χ0) is 16.6. The van der Waals surface area contributed by atoms with Crippen LogP contribution in [0.4, 0.5) is 0 Å². The number of amides is 1. The Balaban J connectivity index is 0.00000211. The van der Waals surface area contributed by atoms with E-state index in [0.29, 0.717) is 6.61 Å². The third kappa shape index (κ3) is 13.0. The molecule has 2 N–H and O–H groups in total. The van der Waals surface area contributed by atoms with Gasteiger partial charge in [0.15, 0.2) is 0 Å². The average molecular weight is 317 g/mol. The van der Waals surface area contributed by atoms with Crippen molar-refractivity contribution in [1.29, 1.82) is 0 Å². The summed E-state index contributed by atoms with van der Waals surface area (Å²) >= 11 is 0. The van der Waals surface area contributed by atoms with Gasteiger partial charge in [-0.15, -0.1) is 0 Å². The summed E-state index contributed by atoms with van der Waals surface area (Å²) < 4.78 is 10.7. The van der Waals surface area contributed by atoms with Gasteiger partial charge in [0.05, 0.1) is 6.61 Å². The minimum Gasteiger partial charge on any atom is -0.380 e. The largest absolute Gasteiger partial charge is 0.380 e. The van der Waals surface area contributed by atoms with Gasteiger partial charge in [0, 0.05) is 45.9 Å². The Morgan fingerprint density at radius 3 is 2.14 bits per heavy atom. The van der Waals surface area contributed by atoms with Crippen LogP contribution < -0.4 is 5.73 Å². The second-order valence-corrected chi connectivity index (χ2v) is 5.34. The van der Waals surface area contributed by atoms with Crippen LogP contribution in [0.15, 0.2) is 0 Å². The second kappa shape index (κ2) is 15.2. The lowest BCUT2D eigenvalue weighted by Crippen LogP contribution is -2.45. The molecule has 0 radical (unpaired) electrons. The molecule has 132 valence electrons. The number of hydrogen-bond acceptors (Lipinski definition) is 5. The molecule has 6 nitrogen and oxygen atoms in total. The minimum atomic E-state index is -0.405. The van der Waals surface area contributed by atoms with Crippen molar-refractivity contribution in [3.63, 3.8) is 0 Å². The third-order valence-corrected chi connectivity index (χ3v) is 3.47. The van der Waals surface area contributed by atoms with E-state index in [1.165, 1.54) is 0 Å². The van der Waals surface area contributed by atoms with Crippen LogP contribution in [-0.2, 0) is 14.3 Å². The van der Waals surface area contributed by atoms with Gasteiger partial charge in [-0.2, -0.15) is 0 Å². The molecule has 1 aliphatic heterocycles. The summed E-state index contributed by atoms with van der Waals surface area (Å²) in [6.07, 6.45) is 3.06. The number of carbonyl (C=O) groups is 1. The molecule has 0 bridgehead atoms. The fourth-order valence-electron chi connectivity index (χ4n) is 2.12. The monoisotopic (exact) mass is 317 g/mol. The van der Waals surface area contributed by atoms with Crippen LogP contribution in [-0.4, -0.2) is 81.9 Å². The van der Waals surface area contributed by atoms with Crippen LogP contribution in [0.3, 0.4) is 0 Å². The molecule has 0 aromatic rings. The first-order chi connectivity index (χ1) is 10.7. The van der Waals surface area contributed by atoms with E-state index in [1.807, 2.05) is 13.8 Å². The van der Waals surface area contributed by atoms with E-state index in [9.17, 15) is 4.79 Å². The Labute approximate surface area is 135 Å². The number of hydrogen-bond donors (Lipinski definition) is 1. The summed E-state index contributed by atoms with van der Waals surface area (Å²) in [4.78, 5) is 15.2. The summed E-state index contributed by atoms with van der Waals surface area (Å²) in [6.45, 7) is 11.9. The van der Waals surface area contributed by atoms with Crippen molar-refractivity contribution in [1.82, 2.24) is 9.80 Å². The van der Waals surface area contributed by atoms with Crippen molar-refractivity contribution in [2.24, 2.45) is 5.73 Å². The highest BCUT2D eigenvalue weighted by Crippen LogP contribution is 2.00. The zero-order valence-corrected chi connectivity index (χ0v) is 14.7. The standard InChI is InChI=1S/C14H29N3O3.C2H6/c1-16-5-7-17(8-6-16)9-12-19-10-3-2-4-11-20-13-14(15)18;1-2/h2-13H2,1H3,(H2,15,18);1-2H3. The highest BCUT2D eigenvalue weighted by Gasteiger charge is 2.12. The maximum atomic E-state index is 10.4. The second-order valence-electron chi connectivity index (χ2n) is 5.34. The molecule has 1 saturated heterocycles. The lowest BCUT2D eigenvalue weighted by molar-refractivity contribution is -0.122. The van der Waals surface area contributed by atoms with Crippen LogP contribution in [0.5, 0.6) is 0 Å². The van der Waals surface area contributed by atoms with E-state index < -0.39 is 5.91 Å². The van der Waals surface area contributed by atoms with E-state index in [1.54, 1.807) is 0 Å². The average Bonchev–Trinajstić information content (AvgIpc) is 2.52. The number of ether oxygens (including phenoxy) is 2. The fourth-order valence-corrected chi connectivity index (χ4v) is 2.12. The van der Waals surface area contributed by atoms with Gasteiger partial charge in [-0.1, -0.05) is 13.8 Å². The summed E-state index contributed by atoms with van der Waals surface area (Å²) in [5, 5.41) is 0. The van der Waals surface area contributed by atoms with Crippen molar-refractivity contribution in [2.75, 3.05) is 66.2 Å². The van der Waals surface area contributed by atoms with E-state index >= 15 is 0 Å². The van der Waals surface area contributed by atoms with Crippen LogP contribution >= 0.6 is 0 Å². The number of piperazine rings is 1. The lowest BCUT2D eigenvalue weighted by Gasteiger charge is -2.32. The normalized spacial score (nSPS) is 16.1. The molecule has 0 atom stereocenters. The lowest BCUT2D eigenvalue weighted by atomic mass is 10.2. The zero-order valence-electron chi connectivity index (χ0n) is 14.7. The number of nitrogens with two attached hydrogens (primary N) is 1. The number of rotatable bonds is 11. The van der Waals surface area contributed by atoms with E-state index in [-0.39, 0.29) is 6.61 Å². The van der Waals surface area contributed by atoms with Gasteiger partial charge in [0.2, 0.25) is 5.91 Å². The van der Waals surface area contributed by atoms with Gasteiger partial charge in [-0.05, 0) is 26.3 Å². The maximum absolute atomic E-state index is 10.4. The van der Waals surface area contributed by atoms with Gasteiger partial charge in [0.25, 0.3) is 0 Å². The number of likely N-dealkylation sites (N-methyl/N-ethyl adjacent to an activating group) is 1. The van der Waals surface area contributed by atoms with Gasteiger partial charge in [-0.3, -0.25) is 9.69 Å². The molecule has 0 saturated carbocycles. The van der Waals surface area contributed by atoms with E-state index in [0.717, 1.165) is 65.2 Å². The third-order valence-electron chi connectivity index (χ3n) is 3.47. The van der Waals surface area contributed by atoms with Crippen LogP contribution in [0.25, 0.3) is 0 Å². The molecule has 1 rings (SSSR count). The Bertz CT molecular complexity index is 257. The molecule has 0 aliphatic carbocycles. The molecular weight excluding hydrogens is 282 g/mol. The molecular formula is C16H35N3O3. The Morgan fingerprint density at radius 2 is 1.55 bits per heavy atom. The molecule has 22 heavy (non-hydrogen) atoms. The predicted molar refractivity (Wildman–Crippen MR) is 90.0 cm³/mol. The minimum absolute atomic E-state index is 0.0293. The molecule has 0 aromatic heterocycles. The number of carbonyl (C=O) groups excluding carboxylic acids is 1. The predicted octanol–water partition coefficient (Wildman–Crippen LogP) is 0.949. The summed E-state index contributed by atoms with van der Waals surface area (Å²) in [6, 6.07) is 0. The fraction of sp³-hybridized carbons (Fsp3) is 0.938. The molecule has 0 aromatic carbocycles. The van der Waals surface area contributed by atoms with Crippen molar-refractivity contribution in [3.8, 4) is 0 Å². The highest BCUT2D eigenvalue weighted by atomic mass is 16.5. The maximum Gasteiger partial charge on any atom is 0.243 e. The molecule has 0 spiro atoms. The number of unbranched alkanes of at least 4 members (excludes halogenated alkanes) is 2. The van der Waals surface area contributed by atoms with Crippen molar-refractivity contribution >= 4 is 5.91 Å². The molecule has 6 heteroatoms. The molecule has 1 aliphatic rings.